The monoisotopic (exact) mass is 250 g/mol. The molecule has 0 saturated heterocycles. The van der Waals surface area contributed by atoms with E-state index in [1.54, 1.807) is 47.8 Å². The van der Waals surface area contributed by atoms with Crippen LogP contribution in [0.4, 0.5) is 4.39 Å². The van der Waals surface area contributed by atoms with Gasteiger partial charge in [-0.25, -0.2) is 4.39 Å². The van der Waals surface area contributed by atoms with Gasteiger partial charge in [-0.1, -0.05) is 36.4 Å². The molecule has 2 rings (SSSR count). The van der Waals surface area contributed by atoms with Gasteiger partial charge in [-0.3, -0.25) is 4.79 Å². The summed E-state index contributed by atoms with van der Waals surface area (Å²) in [5.74, 6) is -0.670. The summed E-state index contributed by atoms with van der Waals surface area (Å²) in [5, 5.41) is 11.5. The topological polar surface area (TPSA) is 37.3 Å². The summed E-state index contributed by atoms with van der Waals surface area (Å²) in [6.07, 6.45) is -3.33. The molecule has 1 heterocycles. The van der Waals surface area contributed by atoms with Gasteiger partial charge in [0.15, 0.2) is 6.17 Å². The minimum absolute atomic E-state index is 0.326. The molecule has 1 aromatic heterocycles. The SMILES string of the molecule is O=C(c1cccs1)C(F)C(O)c1ccccc1. The predicted molar refractivity (Wildman–Crippen MR) is 64.9 cm³/mol. The van der Waals surface area contributed by atoms with Crippen molar-refractivity contribution in [3.05, 3.63) is 58.3 Å². The number of hydrogen-bond donors (Lipinski definition) is 1. The molecule has 1 N–H and O–H groups in total. The highest BCUT2D eigenvalue weighted by atomic mass is 32.1. The Bertz CT molecular complexity index is 481. The second-order valence-corrected chi connectivity index (χ2v) is 4.55. The molecule has 0 aliphatic rings. The van der Waals surface area contributed by atoms with E-state index in [-0.39, 0.29) is 0 Å². The van der Waals surface area contributed by atoms with E-state index in [1.807, 2.05) is 0 Å². The van der Waals surface area contributed by atoms with Crippen LogP contribution in [0, 0.1) is 0 Å². The first-order valence-electron chi connectivity index (χ1n) is 5.15. The summed E-state index contributed by atoms with van der Waals surface area (Å²) in [5.41, 5.74) is 0.407. The first kappa shape index (κ1) is 12.0. The number of thiophene rings is 1. The summed E-state index contributed by atoms with van der Waals surface area (Å²) >= 11 is 1.17. The molecule has 0 spiro atoms. The molecule has 0 fully saturated rings. The van der Waals surface area contributed by atoms with Crippen molar-refractivity contribution in [1.82, 2.24) is 0 Å². The van der Waals surface area contributed by atoms with Crippen LogP contribution in [-0.2, 0) is 0 Å². The quantitative estimate of drug-likeness (QED) is 0.847. The summed E-state index contributed by atoms with van der Waals surface area (Å²) < 4.78 is 13.8. The fourth-order valence-corrected chi connectivity index (χ4v) is 2.21. The number of Topliss-reactive ketones (excluding diaryl/α,β-unsaturated/α-hetero) is 1. The van der Waals surface area contributed by atoms with Gasteiger partial charge in [0, 0.05) is 0 Å². The number of benzene rings is 1. The largest absolute Gasteiger partial charge is 0.385 e. The van der Waals surface area contributed by atoms with Crippen molar-refractivity contribution in [2.45, 2.75) is 12.3 Å². The Kier molecular flexibility index (Phi) is 3.66. The number of hydrogen-bond acceptors (Lipinski definition) is 3. The van der Waals surface area contributed by atoms with Crippen molar-refractivity contribution < 1.29 is 14.3 Å². The summed E-state index contributed by atoms with van der Waals surface area (Å²) in [6.45, 7) is 0. The van der Waals surface area contributed by atoms with Gasteiger partial charge in [-0.05, 0) is 17.0 Å². The molecule has 17 heavy (non-hydrogen) atoms. The minimum atomic E-state index is -1.92. The van der Waals surface area contributed by atoms with Crippen molar-refractivity contribution >= 4 is 17.1 Å². The number of rotatable bonds is 4. The molecule has 0 aliphatic heterocycles. The second-order valence-electron chi connectivity index (χ2n) is 3.60. The maximum Gasteiger partial charge on any atom is 0.209 e. The highest BCUT2D eigenvalue weighted by Crippen LogP contribution is 2.23. The van der Waals surface area contributed by atoms with Crippen LogP contribution in [0.3, 0.4) is 0 Å². The van der Waals surface area contributed by atoms with Crippen molar-refractivity contribution in [1.29, 1.82) is 0 Å². The number of aliphatic hydroxyl groups is 1. The van der Waals surface area contributed by atoms with E-state index in [0.29, 0.717) is 10.4 Å². The zero-order valence-corrected chi connectivity index (χ0v) is 9.73. The Morgan fingerprint density at radius 1 is 1.18 bits per heavy atom. The highest BCUT2D eigenvalue weighted by Gasteiger charge is 2.28. The van der Waals surface area contributed by atoms with E-state index in [1.165, 1.54) is 11.3 Å². The maximum atomic E-state index is 13.8. The zero-order chi connectivity index (χ0) is 12.3. The molecule has 0 bridgehead atoms. The fraction of sp³-hybridized carbons (Fsp3) is 0.154. The Morgan fingerprint density at radius 3 is 2.47 bits per heavy atom. The molecule has 2 unspecified atom stereocenters. The number of aliphatic hydroxyl groups excluding tert-OH is 1. The molecule has 0 saturated carbocycles. The molecule has 0 amide bonds. The van der Waals surface area contributed by atoms with Crippen molar-refractivity contribution in [3.63, 3.8) is 0 Å². The number of carbonyl (C=O) groups is 1. The van der Waals surface area contributed by atoms with Crippen molar-refractivity contribution in [2.24, 2.45) is 0 Å². The van der Waals surface area contributed by atoms with Gasteiger partial charge in [0.05, 0.1) is 4.88 Å². The van der Waals surface area contributed by atoms with Crippen LogP contribution in [-0.4, -0.2) is 17.1 Å². The number of halogens is 1. The first-order valence-corrected chi connectivity index (χ1v) is 6.03. The molecular weight excluding hydrogens is 239 g/mol. The highest BCUT2D eigenvalue weighted by molar-refractivity contribution is 7.12. The third-order valence-electron chi connectivity index (χ3n) is 2.43. The standard InChI is InChI=1S/C13H11FO2S/c14-11(13(16)10-7-4-8-17-10)12(15)9-5-2-1-3-6-9/h1-8,11-12,15H. The normalized spacial score (nSPS) is 14.2. The van der Waals surface area contributed by atoms with Crippen LogP contribution in [0.2, 0.25) is 0 Å². The summed E-state index contributed by atoms with van der Waals surface area (Å²) in [6, 6.07) is 11.6. The maximum absolute atomic E-state index is 13.8. The van der Waals surface area contributed by atoms with Crippen molar-refractivity contribution in [3.8, 4) is 0 Å². The van der Waals surface area contributed by atoms with Crippen molar-refractivity contribution in [2.75, 3.05) is 0 Å². The average molecular weight is 250 g/mol. The van der Waals surface area contributed by atoms with E-state index in [4.69, 9.17) is 0 Å². The second kappa shape index (κ2) is 5.21. The third-order valence-corrected chi connectivity index (χ3v) is 3.32. The predicted octanol–water partition coefficient (Wildman–Crippen LogP) is 3.00. The van der Waals surface area contributed by atoms with Crippen LogP contribution in [0.1, 0.15) is 21.3 Å². The summed E-state index contributed by atoms with van der Waals surface area (Å²) in [7, 11) is 0. The Balaban J connectivity index is 2.15. The number of carbonyl (C=O) groups excluding carboxylic acids is 1. The van der Waals surface area contributed by atoms with Gasteiger partial charge in [0.25, 0.3) is 0 Å². The summed E-state index contributed by atoms with van der Waals surface area (Å²) in [4.78, 5) is 12.0. The zero-order valence-electron chi connectivity index (χ0n) is 8.92. The molecule has 2 atom stereocenters. The van der Waals surface area contributed by atoms with Gasteiger partial charge in [0.2, 0.25) is 5.78 Å². The van der Waals surface area contributed by atoms with E-state index >= 15 is 0 Å². The van der Waals surface area contributed by atoms with Crippen LogP contribution in [0.25, 0.3) is 0 Å². The van der Waals surface area contributed by atoms with E-state index in [9.17, 15) is 14.3 Å². The Morgan fingerprint density at radius 2 is 1.88 bits per heavy atom. The smallest absolute Gasteiger partial charge is 0.209 e. The van der Waals surface area contributed by atoms with Crippen LogP contribution in [0.15, 0.2) is 47.8 Å². The first-order chi connectivity index (χ1) is 8.20. The molecule has 2 aromatic rings. The Labute approximate surface area is 102 Å². The average Bonchev–Trinajstić information content (AvgIpc) is 2.91. The minimum Gasteiger partial charge on any atom is -0.385 e. The van der Waals surface area contributed by atoms with Gasteiger partial charge in [-0.2, -0.15) is 0 Å². The molecule has 88 valence electrons. The lowest BCUT2D eigenvalue weighted by Gasteiger charge is -2.14. The van der Waals surface area contributed by atoms with Gasteiger partial charge in [-0.15, -0.1) is 11.3 Å². The van der Waals surface area contributed by atoms with E-state index in [2.05, 4.69) is 0 Å². The van der Waals surface area contributed by atoms with E-state index in [0.717, 1.165) is 0 Å². The number of alkyl halides is 1. The molecule has 4 heteroatoms. The molecule has 0 radical (unpaired) electrons. The van der Waals surface area contributed by atoms with Gasteiger partial charge >= 0.3 is 0 Å². The van der Waals surface area contributed by atoms with Gasteiger partial charge < -0.3 is 5.11 Å². The third kappa shape index (κ3) is 2.60. The molecule has 2 nitrogen and oxygen atoms in total. The van der Waals surface area contributed by atoms with Crippen LogP contribution >= 0.6 is 11.3 Å². The van der Waals surface area contributed by atoms with Crippen LogP contribution in [0.5, 0.6) is 0 Å². The number of ketones is 1. The van der Waals surface area contributed by atoms with Crippen LogP contribution < -0.4 is 0 Å². The van der Waals surface area contributed by atoms with Gasteiger partial charge in [0.1, 0.15) is 6.10 Å². The fourth-order valence-electron chi connectivity index (χ4n) is 1.52. The lowest BCUT2D eigenvalue weighted by molar-refractivity contribution is 0.0553. The molecular formula is C13H11FO2S. The van der Waals surface area contributed by atoms with E-state index < -0.39 is 18.1 Å². The lowest BCUT2D eigenvalue weighted by Crippen LogP contribution is -2.23. The Hall–Kier alpha value is -1.52. The lowest BCUT2D eigenvalue weighted by atomic mass is 10.0. The molecule has 0 aliphatic carbocycles. The molecule has 1 aromatic carbocycles.